The lowest BCUT2D eigenvalue weighted by molar-refractivity contribution is -0.149. The highest BCUT2D eigenvalue weighted by Crippen LogP contribution is 2.34. The molecule has 2 aromatic rings. The van der Waals surface area contributed by atoms with E-state index in [-0.39, 0.29) is 80.8 Å². The molecule has 16 heteroatoms. The van der Waals surface area contributed by atoms with Crippen molar-refractivity contribution >= 4 is 29.1 Å². The number of nitrogens with two attached hydrogens (primary N) is 2. The van der Waals surface area contributed by atoms with Gasteiger partial charge >= 0.3 is 0 Å². The normalized spacial score (nSPS) is 24.3. The van der Waals surface area contributed by atoms with Crippen molar-refractivity contribution in [3.05, 3.63) is 59.7 Å². The third kappa shape index (κ3) is 24.7. The molecule has 7 aliphatic rings. The minimum Gasteiger partial charge on any atom is -0.395 e. The number of rotatable bonds is 3. The molecule has 0 bridgehead atoms. The van der Waals surface area contributed by atoms with Crippen molar-refractivity contribution in [1.29, 1.82) is 0 Å². The average molecular weight is 1220 g/mol. The molecule has 0 radical (unpaired) electrons. The molecule has 2 aromatic carbocycles. The number of fused-ring (bicyclic) bond motifs is 2. The predicted molar refractivity (Wildman–Crippen MR) is 362 cm³/mol. The number of aliphatic hydroxyl groups is 4. The van der Waals surface area contributed by atoms with Crippen LogP contribution in [0.5, 0.6) is 0 Å². The summed E-state index contributed by atoms with van der Waals surface area (Å²) >= 11 is 0. The fourth-order valence-electron chi connectivity index (χ4n) is 13.2. The predicted octanol–water partition coefficient (Wildman–Crippen LogP) is 10.2. The number of benzene rings is 2. The number of aryl methyl sites for hydroxylation is 1. The Kier molecular flexibility index (Phi) is 29.3. The number of nitrogens with zero attached hydrogens (tertiary/aromatic N) is 7. The zero-order chi connectivity index (χ0) is 66.3. The van der Waals surface area contributed by atoms with Crippen LogP contribution in [-0.2, 0) is 27.2 Å². The first kappa shape index (κ1) is 77.4. The number of hydrogen-bond acceptors (Lipinski definition) is 13. The average Bonchev–Trinajstić information content (AvgIpc) is 2.64. The van der Waals surface area contributed by atoms with Crippen LogP contribution in [0.25, 0.3) is 0 Å². The topological polar surface area (TPSA) is 207 Å². The van der Waals surface area contributed by atoms with Crippen molar-refractivity contribution in [2.24, 2.45) is 11.5 Å². The van der Waals surface area contributed by atoms with E-state index >= 15 is 0 Å². The van der Waals surface area contributed by atoms with E-state index in [1.807, 2.05) is 26.8 Å². The fraction of sp³-hybridized carbons (Fsp3) is 0.789. The Morgan fingerprint density at radius 1 is 0.448 bits per heavy atom. The Bertz CT molecular complexity index is 2340. The molecule has 0 aliphatic carbocycles. The summed E-state index contributed by atoms with van der Waals surface area (Å²) in [6, 6.07) is 17.5. The standard InChI is InChI=1S/C13H19NO.C13H19N.2C9H18N2O.C9H17NO2.2C9H19NO/c1-13(2,3)14-9-11(15)8-10-6-4-5-7-12(10)14;1-13(2,3)14-10-6-8-11-7-4-5-9-12(11)14;2*1-9(2,3)11-6-4-5-7(11)8(10)12;1-9(2,3)10-6-4-5-7(11)8(10)12;1-9(2,3)10-6-4-5-8(10)7-11;1-9(2,3)10-6-4-5-8(11)7-10/h4-7,11,15H,8-9H2,1-3H3;4-5,7,9H,6,8,10H2,1-3H3;2*7H,4-6H2,1-3H3,(H2,10,12);7,11H,4-6H2,1-3H3;2*8,11H,4-7H2,1-3H3/t;;2*7-;;;/m..10.../s1. The van der Waals surface area contributed by atoms with Crippen molar-refractivity contribution in [2.45, 2.75) is 304 Å². The second-order valence-electron chi connectivity index (χ2n) is 32.2. The third-order valence-corrected chi connectivity index (χ3v) is 17.8. The van der Waals surface area contributed by atoms with E-state index in [2.05, 4.69) is 196 Å². The number of amides is 3. The number of aliphatic hydroxyl groups excluding tert-OH is 4. The maximum Gasteiger partial charge on any atom is 0.251 e. The van der Waals surface area contributed by atoms with Gasteiger partial charge in [-0.2, -0.15) is 0 Å². The van der Waals surface area contributed by atoms with Crippen molar-refractivity contribution < 1.29 is 34.8 Å². The van der Waals surface area contributed by atoms with Gasteiger partial charge in [0.2, 0.25) is 11.8 Å². The Morgan fingerprint density at radius 2 is 0.862 bits per heavy atom. The summed E-state index contributed by atoms with van der Waals surface area (Å²) in [7, 11) is 0. The van der Waals surface area contributed by atoms with Gasteiger partial charge in [-0.1, -0.05) is 36.4 Å². The van der Waals surface area contributed by atoms with Crippen LogP contribution in [0.4, 0.5) is 11.4 Å². The number of hydrogen-bond donors (Lipinski definition) is 6. The van der Waals surface area contributed by atoms with Crippen LogP contribution in [-0.4, -0.2) is 197 Å². The highest BCUT2D eigenvalue weighted by atomic mass is 16.3. The van der Waals surface area contributed by atoms with Gasteiger partial charge in [0, 0.05) is 88.8 Å². The molecule has 7 aliphatic heterocycles. The number of anilines is 2. The molecule has 16 nitrogen and oxygen atoms in total. The van der Waals surface area contributed by atoms with Crippen LogP contribution in [0.1, 0.15) is 227 Å². The highest BCUT2D eigenvalue weighted by molar-refractivity contribution is 5.82. The Labute approximate surface area is 530 Å². The molecule has 0 saturated carbocycles. The quantitative estimate of drug-likeness (QED) is 0.169. The molecule has 87 heavy (non-hydrogen) atoms. The molecule has 7 heterocycles. The van der Waals surface area contributed by atoms with Gasteiger partial charge in [0.05, 0.1) is 30.9 Å². The number of piperidine rings is 2. The molecular weight excluding hydrogens is 1090 g/mol. The van der Waals surface area contributed by atoms with Crippen LogP contribution in [0, 0.1) is 0 Å². The van der Waals surface area contributed by atoms with E-state index < -0.39 is 6.10 Å². The molecule has 0 spiro atoms. The molecule has 6 atom stereocenters. The maximum absolute atomic E-state index is 11.4. The zero-order valence-electron chi connectivity index (χ0n) is 58.9. The molecule has 4 unspecified atom stereocenters. The second kappa shape index (κ2) is 32.9. The monoisotopic (exact) mass is 1220 g/mol. The van der Waals surface area contributed by atoms with E-state index in [4.69, 9.17) is 16.6 Å². The number of primary amides is 2. The Hall–Kier alpha value is -3.87. The summed E-state index contributed by atoms with van der Waals surface area (Å²) in [6.07, 6.45) is 12.3. The van der Waals surface area contributed by atoms with E-state index in [1.165, 1.54) is 48.3 Å². The number of carbonyl (C=O) groups excluding carboxylic acids is 3. The van der Waals surface area contributed by atoms with Gasteiger partial charge in [0.15, 0.2) is 0 Å². The lowest BCUT2D eigenvalue weighted by atomic mass is 9.94. The minimum atomic E-state index is -0.766. The van der Waals surface area contributed by atoms with Gasteiger partial charge in [-0.05, 0) is 272 Å². The molecule has 0 aromatic heterocycles. The van der Waals surface area contributed by atoms with Gasteiger partial charge in [-0.15, -0.1) is 0 Å². The number of carbonyl (C=O) groups is 3. The number of para-hydroxylation sites is 2. The first-order valence-electron chi connectivity index (χ1n) is 33.2. The molecule has 5 fully saturated rings. The number of likely N-dealkylation sites (tertiary alicyclic amines) is 5. The number of β-amino-alcohol motifs (C(OH)–C–C–N with tert-alkyl or cyclic N) is 2. The maximum atomic E-state index is 11.4. The molecule has 500 valence electrons. The zero-order valence-corrected chi connectivity index (χ0v) is 58.9. The molecule has 9 rings (SSSR count). The lowest BCUT2D eigenvalue weighted by Crippen LogP contribution is -2.53. The van der Waals surface area contributed by atoms with E-state index in [9.17, 15) is 29.7 Å². The summed E-state index contributed by atoms with van der Waals surface area (Å²) in [6.45, 7) is 53.5. The van der Waals surface area contributed by atoms with Crippen molar-refractivity contribution in [3.8, 4) is 0 Å². The first-order valence-corrected chi connectivity index (χ1v) is 33.2. The van der Waals surface area contributed by atoms with E-state index in [0.29, 0.717) is 19.1 Å². The van der Waals surface area contributed by atoms with Gasteiger partial charge in [-0.25, -0.2) is 0 Å². The van der Waals surface area contributed by atoms with E-state index in [1.54, 1.807) is 4.90 Å². The molecule has 3 amide bonds. The molecule has 8 N–H and O–H groups in total. The summed E-state index contributed by atoms with van der Waals surface area (Å²) in [5, 5.41) is 37.6. The summed E-state index contributed by atoms with van der Waals surface area (Å²) < 4.78 is 0. The Balaban J connectivity index is 0.000000266. The second-order valence-corrected chi connectivity index (χ2v) is 32.2. The van der Waals surface area contributed by atoms with Crippen LogP contribution in [0.2, 0.25) is 0 Å². The highest BCUT2D eigenvalue weighted by Gasteiger charge is 2.39. The largest absolute Gasteiger partial charge is 0.395 e. The summed E-state index contributed by atoms with van der Waals surface area (Å²) in [5.74, 6) is -0.474. The summed E-state index contributed by atoms with van der Waals surface area (Å²) in [4.78, 5) is 49.2. The van der Waals surface area contributed by atoms with Gasteiger partial charge in [0.25, 0.3) is 5.91 Å². The van der Waals surface area contributed by atoms with Crippen molar-refractivity contribution in [1.82, 2.24) is 24.5 Å². The van der Waals surface area contributed by atoms with E-state index in [0.717, 1.165) is 104 Å². The van der Waals surface area contributed by atoms with Crippen molar-refractivity contribution in [3.63, 3.8) is 0 Å². The van der Waals surface area contributed by atoms with Gasteiger partial charge in [-0.3, -0.25) is 34.0 Å². The lowest BCUT2D eigenvalue weighted by Gasteiger charge is -2.43. The third-order valence-electron chi connectivity index (χ3n) is 17.8. The van der Waals surface area contributed by atoms with Crippen LogP contribution in [0.15, 0.2) is 48.5 Å². The van der Waals surface area contributed by atoms with Gasteiger partial charge in [0.1, 0.15) is 6.10 Å². The molecular formula is C71H129N9O7. The van der Waals surface area contributed by atoms with Crippen LogP contribution in [0.3, 0.4) is 0 Å². The smallest absolute Gasteiger partial charge is 0.251 e. The van der Waals surface area contributed by atoms with Crippen LogP contribution < -0.4 is 21.3 Å². The Morgan fingerprint density at radius 3 is 1.25 bits per heavy atom. The summed E-state index contributed by atoms with van der Waals surface area (Å²) in [5.41, 5.74) is 16.8. The first-order chi connectivity index (χ1) is 39.9. The van der Waals surface area contributed by atoms with Crippen LogP contribution >= 0.6 is 0 Å². The minimum absolute atomic E-state index is 0.0370. The fourth-order valence-corrected chi connectivity index (χ4v) is 13.2. The SMILES string of the molecule is CC(C)(C)N1CC(O)Cc2ccccc21.CC(C)(C)N1CCCC(O)C1.CC(C)(C)N1CCCC(O)C1=O.CC(C)(C)N1CCCC1CO.CC(C)(C)N1CCC[C@@H]1C(N)=O.CC(C)(C)N1CCC[C@H]1C(N)=O.CC(C)(C)N1CCCc2ccccc21. The molecule has 5 saturated heterocycles. The van der Waals surface area contributed by atoms with Crippen molar-refractivity contribution in [2.75, 3.05) is 68.8 Å². The van der Waals surface area contributed by atoms with Gasteiger partial charge < -0.3 is 46.6 Å².